The fourth-order valence-electron chi connectivity index (χ4n) is 4.96. The molecule has 3 amide bonds. The van der Waals surface area contributed by atoms with Crippen molar-refractivity contribution in [3.63, 3.8) is 0 Å². The van der Waals surface area contributed by atoms with Crippen molar-refractivity contribution in [2.75, 3.05) is 25.6 Å². The number of likely N-dealkylation sites (N-methyl/N-ethyl adjacent to an activating group) is 1. The molecule has 3 aliphatic heterocycles. The van der Waals surface area contributed by atoms with Gasteiger partial charge in [0.15, 0.2) is 12.2 Å². The number of allylic oxidation sites excluding steroid dienone is 2. The minimum atomic E-state index is -0.569. The van der Waals surface area contributed by atoms with E-state index in [4.69, 9.17) is 9.73 Å². The van der Waals surface area contributed by atoms with Crippen molar-refractivity contribution in [3.05, 3.63) is 71.6 Å². The van der Waals surface area contributed by atoms with E-state index in [0.29, 0.717) is 18.9 Å². The van der Waals surface area contributed by atoms with Crippen LogP contribution in [0.2, 0.25) is 0 Å². The molecule has 0 aliphatic carbocycles. The average Bonchev–Trinajstić information content (AvgIpc) is 3.35. The van der Waals surface area contributed by atoms with Crippen LogP contribution in [0.4, 0.5) is 10.5 Å². The Kier molecular flexibility index (Phi) is 5.51. The highest BCUT2D eigenvalue weighted by atomic mass is 16.5. The van der Waals surface area contributed by atoms with Crippen molar-refractivity contribution in [2.45, 2.75) is 38.9 Å². The van der Waals surface area contributed by atoms with Crippen LogP contribution in [-0.4, -0.2) is 65.5 Å². The lowest BCUT2D eigenvalue weighted by Crippen LogP contribution is -2.64. The minimum Gasteiger partial charge on any atom is -0.497 e. The molecule has 8 nitrogen and oxygen atoms in total. The van der Waals surface area contributed by atoms with Gasteiger partial charge in [-0.1, -0.05) is 36.4 Å². The fourth-order valence-corrected chi connectivity index (χ4v) is 4.96. The molecular weight excluding hydrogens is 430 g/mol. The highest BCUT2D eigenvalue weighted by Gasteiger charge is 2.55. The van der Waals surface area contributed by atoms with Gasteiger partial charge in [0, 0.05) is 31.1 Å². The zero-order valence-electron chi connectivity index (χ0n) is 19.9. The molecule has 8 heteroatoms. The number of amides is 3. The molecule has 3 aliphatic rings. The van der Waals surface area contributed by atoms with Gasteiger partial charge < -0.3 is 9.64 Å². The molecule has 3 heterocycles. The third-order valence-corrected chi connectivity index (χ3v) is 6.89. The zero-order valence-corrected chi connectivity index (χ0v) is 19.9. The summed E-state index contributed by atoms with van der Waals surface area (Å²) in [5, 5.41) is 0. The summed E-state index contributed by atoms with van der Waals surface area (Å²) in [5.74, 6) is 1.21. The number of carbonyl (C=O) groups excluding carboxylic acids is 2. The van der Waals surface area contributed by atoms with Gasteiger partial charge in [0.25, 0.3) is 5.91 Å². The number of aliphatic imine (C=N–C) groups is 1. The molecule has 5 rings (SSSR count). The number of hydrogen-bond acceptors (Lipinski definition) is 6. The summed E-state index contributed by atoms with van der Waals surface area (Å²) < 4.78 is 5.40. The Morgan fingerprint density at radius 1 is 1.00 bits per heavy atom. The second kappa shape index (κ2) is 8.52. The standard InChI is InChI=1S/C26H29N5O3/c1-17-18(2)31-22-23(27-25(31)30(17)20-13-8-14-21(16-20)34-4)28(3)26(33)29(24(22)32)15-9-12-19-10-6-5-7-11-19/h5-8,10-11,13-14,16,22-23H,9,12,15H2,1-4H3. The first-order valence-corrected chi connectivity index (χ1v) is 11.5. The molecule has 0 bridgehead atoms. The zero-order chi connectivity index (χ0) is 24.0. The molecule has 34 heavy (non-hydrogen) atoms. The number of imide groups is 1. The second-order valence-corrected chi connectivity index (χ2v) is 8.84. The van der Waals surface area contributed by atoms with Crippen LogP contribution in [0.3, 0.4) is 0 Å². The van der Waals surface area contributed by atoms with Gasteiger partial charge in [0.05, 0.1) is 12.8 Å². The summed E-state index contributed by atoms with van der Waals surface area (Å²) in [6.45, 7) is 4.39. The number of guanidine groups is 1. The van der Waals surface area contributed by atoms with Crippen LogP contribution in [0.1, 0.15) is 25.8 Å². The summed E-state index contributed by atoms with van der Waals surface area (Å²) in [4.78, 5) is 38.6. The van der Waals surface area contributed by atoms with Gasteiger partial charge in [-0.15, -0.1) is 0 Å². The van der Waals surface area contributed by atoms with E-state index in [9.17, 15) is 9.59 Å². The molecule has 0 saturated carbocycles. The van der Waals surface area contributed by atoms with Gasteiger partial charge in [-0.25, -0.2) is 9.79 Å². The van der Waals surface area contributed by atoms with Crippen molar-refractivity contribution < 1.29 is 14.3 Å². The molecule has 0 N–H and O–H groups in total. The molecule has 0 radical (unpaired) electrons. The van der Waals surface area contributed by atoms with E-state index in [1.807, 2.05) is 66.1 Å². The van der Waals surface area contributed by atoms with E-state index >= 15 is 0 Å². The Labute approximate surface area is 199 Å². The average molecular weight is 460 g/mol. The highest BCUT2D eigenvalue weighted by molar-refractivity contribution is 6.10. The predicted octanol–water partition coefficient (Wildman–Crippen LogP) is 3.66. The number of benzene rings is 2. The Balaban J connectivity index is 1.41. The third kappa shape index (κ3) is 3.41. The van der Waals surface area contributed by atoms with E-state index in [2.05, 4.69) is 12.1 Å². The number of carbonyl (C=O) groups is 2. The highest BCUT2D eigenvalue weighted by Crippen LogP contribution is 2.40. The van der Waals surface area contributed by atoms with Crippen molar-refractivity contribution in [1.29, 1.82) is 0 Å². The van der Waals surface area contributed by atoms with Crippen molar-refractivity contribution in [2.24, 2.45) is 4.99 Å². The van der Waals surface area contributed by atoms with Crippen LogP contribution in [0.15, 0.2) is 71.0 Å². The molecule has 2 aromatic rings. The molecule has 2 unspecified atom stereocenters. The van der Waals surface area contributed by atoms with Gasteiger partial charge in [-0.2, -0.15) is 0 Å². The lowest BCUT2D eigenvalue weighted by atomic mass is 10.1. The molecule has 2 aromatic carbocycles. The molecule has 2 atom stereocenters. The lowest BCUT2D eigenvalue weighted by molar-refractivity contribution is -0.136. The van der Waals surface area contributed by atoms with Gasteiger partial charge in [0.2, 0.25) is 5.96 Å². The van der Waals surface area contributed by atoms with Gasteiger partial charge in [-0.05, 0) is 44.4 Å². The van der Waals surface area contributed by atoms with Crippen LogP contribution in [0, 0.1) is 0 Å². The number of methoxy groups -OCH3 is 1. The van der Waals surface area contributed by atoms with Crippen molar-refractivity contribution in [1.82, 2.24) is 14.7 Å². The van der Waals surface area contributed by atoms with Crippen LogP contribution < -0.4 is 9.64 Å². The number of urea groups is 1. The maximum absolute atomic E-state index is 13.6. The number of fused-ring (bicyclic) bond motifs is 3. The fraction of sp³-hybridized carbons (Fsp3) is 0.346. The first kappa shape index (κ1) is 22.0. The molecule has 1 saturated heterocycles. The number of nitrogens with zero attached hydrogens (tertiary/aromatic N) is 5. The van der Waals surface area contributed by atoms with Gasteiger partial charge >= 0.3 is 6.03 Å². The lowest BCUT2D eigenvalue weighted by Gasteiger charge is -2.40. The van der Waals surface area contributed by atoms with E-state index in [1.165, 1.54) is 10.5 Å². The summed E-state index contributed by atoms with van der Waals surface area (Å²) in [7, 11) is 3.36. The number of hydrogen-bond donors (Lipinski definition) is 0. The van der Waals surface area contributed by atoms with E-state index in [-0.39, 0.29) is 11.9 Å². The Hall–Kier alpha value is -3.81. The number of aryl methyl sites for hydroxylation is 1. The molecule has 176 valence electrons. The van der Waals surface area contributed by atoms with Crippen molar-refractivity contribution in [3.8, 4) is 5.75 Å². The summed E-state index contributed by atoms with van der Waals surface area (Å²) in [6.07, 6.45) is 0.962. The predicted molar refractivity (Wildman–Crippen MR) is 130 cm³/mol. The SMILES string of the molecule is COc1cccc(N2C3=NC4C(C(=O)N(CCCc5ccccc5)C(=O)N4C)N3C(C)=C2C)c1. The van der Waals surface area contributed by atoms with Crippen LogP contribution >= 0.6 is 0 Å². The quantitative estimate of drug-likeness (QED) is 0.660. The Bertz CT molecular complexity index is 1190. The second-order valence-electron chi connectivity index (χ2n) is 8.84. The number of ether oxygens (including phenoxy) is 1. The van der Waals surface area contributed by atoms with E-state index < -0.39 is 12.2 Å². The van der Waals surface area contributed by atoms with E-state index in [0.717, 1.165) is 29.3 Å². The third-order valence-electron chi connectivity index (χ3n) is 6.89. The maximum atomic E-state index is 13.6. The van der Waals surface area contributed by atoms with Crippen LogP contribution in [-0.2, 0) is 11.2 Å². The maximum Gasteiger partial charge on any atom is 0.328 e. The largest absolute Gasteiger partial charge is 0.497 e. The van der Waals surface area contributed by atoms with Gasteiger partial charge in [-0.3, -0.25) is 19.5 Å². The number of rotatable bonds is 6. The first-order valence-electron chi connectivity index (χ1n) is 11.5. The van der Waals surface area contributed by atoms with Crippen molar-refractivity contribution >= 4 is 23.6 Å². The van der Waals surface area contributed by atoms with Crippen LogP contribution in [0.5, 0.6) is 5.75 Å². The monoisotopic (exact) mass is 459 g/mol. The Morgan fingerprint density at radius 3 is 2.50 bits per heavy atom. The molecule has 0 aromatic heterocycles. The normalized spacial score (nSPS) is 21.8. The topological polar surface area (TPSA) is 68.7 Å². The summed E-state index contributed by atoms with van der Waals surface area (Å²) in [5.41, 5.74) is 4.04. The van der Waals surface area contributed by atoms with E-state index in [1.54, 1.807) is 19.1 Å². The Morgan fingerprint density at radius 2 is 1.76 bits per heavy atom. The first-order chi connectivity index (χ1) is 16.4. The molecular formula is C26H29N5O3. The smallest absolute Gasteiger partial charge is 0.328 e. The minimum absolute atomic E-state index is 0.195. The molecule has 0 spiro atoms. The van der Waals surface area contributed by atoms with Gasteiger partial charge in [0.1, 0.15) is 5.75 Å². The number of anilines is 1. The molecule has 1 fully saturated rings. The van der Waals surface area contributed by atoms with Crippen LogP contribution in [0.25, 0.3) is 0 Å². The summed E-state index contributed by atoms with van der Waals surface area (Å²) >= 11 is 0. The summed E-state index contributed by atoms with van der Waals surface area (Å²) in [6, 6.07) is 17.0.